The molecule has 0 spiro atoms. The number of aryl methyl sites for hydroxylation is 1. The number of aromatic nitrogens is 2. The molecule has 1 fully saturated rings. The smallest absolute Gasteiger partial charge is 0.258 e. The summed E-state index contributed by atoms with van der Waals surface area (Å²) in [5.74, 6) is 0.830. The van der Waals surface area contributed by atoms with Crippen molar-refractivity contribution in [2.24, 2.45) is 5.92 Å². The van der Waals surface area contributed by atoms with E-state index in [2.05, 4.69) is 15.2 Å². The van der Waals surface area contributed by atoms with Gasteiger partial charge in [-0.05, 0) is 70.4 Å². The van der Waals surface area contributed by atoms with Gasteiger partial charge in [0.15, 0.2) is 0 Å². The van der Waals surface area contributed by atoms with Crippen molar-refractivity contribution in [3.05, 3.63) is 46.0 Å². The minimum absolute atomic E-state index is 0. The topological polar surface area (TPSA) is 49.6 Å². The van der Waals surface area contributed by atoms with Crippen LogP contribution in [0, 0.1) is 12.8 Å². The molecule has 2 aromatic heterocycles. The summed E-state index contributed by atoms with van der Waals surface area (Å²) in [5, 5.41) is 3.23. The second-order valence-electron chi connectivity index (χ2n) is 6.63. The van der Waals surface area contributed by atoms with Gasteiger partial charge < -0.3 is 5.32 Å². The van der Waals surface area contributed by atoms with Crippen LogP contribution in [-0.4, -0.2) is 41.0 Å². The summed E-state index contributed by atoms with van der Waals surface area (Å²) in [7, 11) is 2.01. The lowest BCUT2D eigenvalue weighted by molar-refractivity contribution is 0.171. The third kappa shape index (κ3) is 4.56. The lowest BCUT2D eigenvalue weighted by Gasteiger charge is -2.31. The quantitative estimate of drug-likeness (QED) is 0.898. The predicted molar refractivity (Wildman–Crippen MR) is 100.0 cm³/mol. The van der Waals surface area contributed by atoms with Crippen LogP contribution < -0.4 is 10.9 Å². The molecule has 3 heterocycles. The maximum absolute atomic E-state index is 12.3. The van der Waals surface area contributed by atoms with Gasteiger partial charge in [-0.15, -0.1) is 12.4 Å². The van der Waals surface area contributed by atoms with Gasteiger partial charge in [-0.1, -0.05) is 6.07 Å². The summed E-state index contributed by atoms with van der Waals surface area (Å²) < 4.78 is 1.63. The van der Waals surface area contributed by atoms with Crippen LogP contribution >= 0.6 is 12.4 Å². The molecule has 132 valence electrons. The van der Waals surface area contributed by atoms with Crippen molar-refractivity contribution in [3.8, 4) is 0 Å². The Hall–Kier alpha value is -1.43. The number of pyridine rings is 1. The highest BCUT2D eigenvalue weighted by Gasteiger charge is 2.19. The summed E-state index contributed by atoms with van der Waals surface area (Å²) in [6, 6.07) is 5.60. The summed E-state index contributed by atoms with van der Waals surface area (Å²) >= 11 is 0. The Kier molecular flexibility index (Phi) is 6.78. The normalized spacial score (nSPS) is 16.2. The van der Waals surface area contributed by atoms with Crippen LogP contribution in [0.5, 0.6) is 0 Å². The molecule has 0 amide bonds. The molecule has 6 heteroatoms. The van der Waals surface area contributed by atoms with E-state index in [0.717, 1.165) is 49.0 Å². The van der Waals surface area contributed by atoms with Crippen LogP contribution in [0.25, 0.3) is 5.65 Å². The van der Waals surface area contributed by atoms with Gasteiger partial charge in [0.05, 0.1) is 5.69 Å². The molecule has 1 N–H and O–H groups in total. The molecule has 1 aliphatic rings. The summed E-state index contributed by atoms with van der Waals surface area (Å²) in [5.41, 5.74) is 2.70. The highest BCUT2D eigenvalue weighted by molar-refractivity contribution is 5.85. The first kappa shape index (κ1) is 18.9. The minimum atomic E-state index is 0. The number of likely N-dealkylation sites (tertiary alicyclic amines) is 1. The maximum atomic E-state index is 12.3. The Morgan fingerprint density at radius 2 is 2.04 bits per heavy atom. The Morgan fingerprint density at radius 1 is 1.29 bits per heavy atom. The van der Waals surface area contributed by atoms with Gasteiger partial charge in [0.2, 0.25) is 0 Å². The van der Waals surface area contributed by atoms with E-state index in [4.69, 9.17) is 0 Å². The molecular weight excluding hydrogens is 324 g/mol. The Morgan fingerprint density at radius 3 is 2.75 bits per heavy atom. The number of nitrogens with one attached hydrogen (secondary N) is 1. The maximum Gasteiger partial charge on any atom is 0.258 e. The summed E-state index contributed by atoms with van der Waals surface area (Å²) in [6.45, 7) is 6.07. The molecule has 0 atom stereocenters. The molecule has 5 nitrogen and oxygen atoms in total. The third-order valence-corrected chi connectivity index (χ3v) is 4.76. The van der Waals surface area contributed by atoms with Crippen molar-refractivity contribution in [3.63, 3.8) is 0 Å². The monoisotopic (exact) mass is 350 g/mol. The van der Waals surface area contributed by atoms with Crippen LogP contribution in [0.3, 0.4) is 0 Å². The number of piperidine rings is 1. The Balaban J connectivity index is 0.00000208. The first-order valence-corrected chi connectivity index (χ1v) is 8.51. The van der Waals surface area contributed by atoms with E-state index in [0.29, 0.717) is 0 Å². The van der Waals surface area contributed by atoms with Gasteiger partial charge in [0, 0.05) is 18.8 Å². The lowest BCUT2D eigenvalue weighted by atomic mass is 9.93. The van der Waals surface area contributed by atoms with Gasteiger partial charge >= 0.3 is 0 Å². The fourth-order valence-corrected chi connectivity index (χ4v) is 3.35. The zero-order chi connectivity index (χ0) is 16.2. The number of rotatable bonds is 5. The molecule has 1 saturated heterocycles. The fourth-order valence-electron chi connectivity index (χ4n) is 3.35. The average Bonchev–Trinajstić information content (AvgIpc) is 2.55. The van der Waals surface area contributed by atoms with Gasteiger partial charge in [-0.2, -0.15) is 0 Å². The number of hydrogen-bond donors (Lipinski definition) is 1. The first-order valence-electron chi connectivity index (χ1n) is 8.51. The number of halogens is 1. The van der Waals surface area contributed by atoms with E-state index in [9.17, 15) is 4.79 Å². The fraction of sp³-hybridized carbons (Fsp3) is 0.556. The third-order valence-electron chi connectivity index (χ3n) is 4.76. The molecular formula is C18H27ClN4O. The zero-order valence-electron chi connectivity index (χ0n) is 14.5. The Bertz CT molecular complexity index is 723. The second kappa shape index (κ2) is 8.60. The predicted octanol–water partition coefficient (Wildman–Crippen LogP) is 2.25. The van der Waals surface area contributed by atoms with Crippen LogP contribution in [0.4, 0.5) is 0 Å². The van der Waals surface area contributed by atoms with Gasteiger partial charge in [0.25, 0.3) is 5.56 Å². The second-order valence-corrected chi connectivity index (χ2v) is 6.63. The Labute approximate surface area is 149 Å². The molecule has 0 radical (unpaired) electrons. The molecule has 0 saturated carbocycles. The SMILES string of the molecule is CNCCC1CCN(Cc2cc(=O)n3cc(C)ccc3n2)CC1.Cl. The molecule has 0 aromatic carbocycles. The van der Waals surface area contributed by atoms with Gasteiger partial charge in [-0.3, -0.25) is 14.1 Å². The van der Waals surface area contributed by atoms with Gasteiger partial charge in [0.1, 0.15) is 5.65 Å². The van der Waals surface area contributed by atoms with E-state index in [1.807, 2.05) is 32.3 Å². The molecule has 2 aromatic rings. The number of hydrogen-bond acceptors (Lipinski definition) is 4. The van der Waals surface area contributed by atoms with Crippen LogP contribution in [0.1, 0.15) is 30.5 Å². The van der Waals surface area contributed by atoms with Crippen molar-refractivity contribution >= 4 is 18.1 Å². The van der Waals surface area contributed by atoms with E-state index >= 15 is 0 Å². The highest BCUT2D eigenvalue weighted by Crippen LogP contribution is 2.21. The standard InChI is InChI=1S/C18H26N4O.ClH/c1-14-3-4-17-20-16(11-18(23)22(17)12-14)13-21-9-6-15(7-10-21)5-8-19-2;/h3-4,11-12,15,19H,5-10,13H2,1-2H3;1H. The average molecular weight is 351 g/mol. The van der Waals surface area contributed by atoms with Crippen molar-refractivity contribution in [1.29, 1.82) is 0 Å². The van der Waals surface area contributed by atoms with Crippen LogP contribution in [0.2, 0.25) is 0 Å². The molecule has 0 bridgehead atoms. The highest BCUT2D eigenvalue weighted by atomic mass is 35.5. The van der Waals surface area contributed by atoms with E-state index in [1.54, 1.807) is 10.5 Å². The minimum Gasteiger partial charge on any atom is -0.320 e. The largest absolute Gasteiger partial charge is 0.320 e. The van der Waals surface area contributed by atoms with Crippen molar-refractivity contribution in [1.82, 2.24) is 19.6 Å². The van der Waals surface area contributed by atoms with E-state index in [1.165, 1.54) is 19.3 Å². The summed E-state index contributed by atoms with van der Waals surface area (Å²) in [4.78, 5) is 19.3. The van der Waals surface area contributed by atoms with Crippen molar-refractivity contribution in [2.75, 3.05) is 26.7 Å². The first-order chi connectivity index (χ1) is 11.2. The van der Waals surface area contributed by atoms with Crippen molar-refractivity contribution in [2.45, 2.75) is 32.7 Å². The van der Waals surface area contributed by atoms with Crippen molar-refractivity contribution < 1.29 is 0 Å². The molecule has 1 aliphatic heterocycles. The number of fused-ring (bicyclic) bond motifs is 1. The van der Waals surface area contributed by atoms with E-state index < -0.39 is 0 Å². The van der Waals surface area contributed by atoms with Crippen LogP contribution in [0.15, 0.2) is 29.2 Å². The molecule has 24 heavy (non-hydrogen) atoms. The molecule has 3 rings (SSSR count). The lowest BCUT2D eigenvalue weighted by Crippen LogP contribution is -2.34. The van der Waals surface area contributed by atoms with Crippen LogP contribution in [-0.2, 0) is 6.54 Å². The zero-order valence-corrected chi connectivity index (χ0v) is 15.3. The number of nitrogens with zero attached hydrogens (tertiary/aromatic N) is 3. The van der Waals surface area contributed by atoms with Gasteiger partial charge in [-0.25, -0.2) is 4.98 Å². The molecule has 0 aliphatic carbocycles. The summed E-state index contributed by atoms with van der Waals surface area (Å²) in [6.07, 6.45) is 5.60. The van der Waals surface area contributed by atoms with E-state index in [-0.39, 0.29) is 18.0 Å². The molecule has 0 unspecified atom stereocenters.